The molecule has 2 aliphatic rings. The van der Waals surface area contributed by atoms with E-state index in [4.69, 9.17) is 9.98 Å². The van der Waals surface area contributed by atoms with Crippen molar-refractivity contribution in [1.29, 1.82) is 0 Å². The zero-order valence-electron chi connectivity index (χ0n) is 11.5. The first kappa shape index (κ1) is 12.4. The topological polar surface area (TPSA) is 31.2 Å². The fourth-order valence-electron chi connectivity index (χ4n) is 2.87. The zero-order valence-corrected chi connectivity index (χ0v) is 11.5. The van der Waals surface area contributed by atoms with E-state index in [0.29, 0.717) is 0 Å². The van der Waals surface area contributed by atoms with Gasteiger partial charge in [-0.2, -0.15) is 0 Å². The Morgan fingerprint density at radius 2 is 1.35 bits per heavy atom. The maximum atomic E-state index is 4.71. The molecule has 4 nitrogen and oxygen atoms in total. The lowest BCUT2D eigenvalue weighted by molar-refractivity contribution is 0.412. The minimum Gasteiger partial charge on any atom is -0.358 e. The Kier molecular flexibility index (Phi) is 3.40. The molecular formula is C13H24N4. The first-order valence-electron chi connectivity index (χ1n) is 6.71. The van der Waals surface area contributed by atoms with Crippen molar-refractivity contribution in [1.82, 2.24) is 9.80 Å². The van der Waals surface area contributed by atoms with E-state index in [0.717, 1.165) is 39.3 Å². The van der Waals surface area contributed by atoms with Crippen LogP contribution < -0.4 is 0 Å². The summed E-state index contributed by atoms with van der Waals surface area (Å²) in [5, 5.41) is 0. The molecule has 0 radical (unpaired) electrons. The molecule has 0 amide bonds. The molecule has 4 heteroatoms. The third kappa shape index (κ3) is 2.05. The lowest BCUT2D eigenvalue weighted by Gasteiger charge is -2.35. The largest absolute Gasteiger partial charge is 0.358 e. The Bertz CT molecular complexity index is 311. The van der Waals surface area contributed by atoms with Gasteiger partial charge >= 0.3 is 0 Å². The molecule has 0 aromatic heterocycles. The third-order valence-electron chi connectivity index (χ3n) is 3.74. The fraction of sp³-hybridized carbons (Fsp3) is 0.846. The molecule has 0 saturated heterocycles. The van der Waals surface area contributed by atoms with Gasteiger partial charge in [-0.1, -0.05) is 0 Å². The van der Waals surface area contributed by atoms with E-state index in [2.05, 4.69) is 37.5 Å². The van der Waals surface area contributed by atoms with Crippen LogP contribution in [0.2, 0.25) is 0 Å². The highest BCUT2D eigenvalue weighted by Crippen LogP contribution is 2.28. The molecule has 0 aromatic carbocycles. The Morgan fingerprint density at radius 3 is 1.71 bits per heavy atom. The fourth-order valence-corrected chi connectivity index (χ4v) is 2.87. The standard InChI is InChI=1S/C13H24N4/c1-5-16-9-7-14-11(16)13(3,4)12-15-8-10-17(12)6-2/h5-10H2,1-4H3. The predicted octanol–water partition coefficient (Wildman–Crippen LogP) is 1.48. The molecule has 0 aliphatic carbocycles. The third-order valence-corrected chi connectivity index (χ3v) is 3.74. The van der Waals surface area contributed by atoms with Gasteiger partial charge in [0.1, 0.15) is 11.7 Å². The summed E-state index contributed by atoms with van der Waals surface area (Å²) in [6.45, 7) is 15.0. The molecule has 0 spiro atoms. The summed E-state index contributed by atoms with van der Waals surface area (Å²) in [7, 11) is 0. The average Bonchev–Trinajstić information content (AvgIpc) is 2.97. The summed E-state index contributed by atoms with van der Waals surface area (Å²) in [5.41, 5.74) is -0.0426. The van der Waals surface area contributed by atoms with Crippen molar-refractivity contribution in [2.24, 2.45) is 15.4 Å². The quantitative estimate of drug-likeness (QED) is 0.740. The van der Waals surface area contributed by atoms with Gasteiger partial charge in [0.25, 0.3) is 0 Å². The summed E-state index contributed by atoms with van der Waals surface area (Å²) in [5.74, 6) is 2.44. The summed E-state index contributed by atoms with van der Waals surface area (Å²) >= 11 is 0. The van der Waals surface area contributed by atoms with E-state index in [-0.39, 0.29) is 5.41 Å². The van der Waals surface area contributed by atoms with Crippen molar-refractivity contribution in [3.63, 3.8) is 0 Å². The van der Waals surface area contributed by atoms with Crippen molar-refractivity contribution >= 4 is 11.7 Å². The van der Waals surface area contributed by atoms with Crippen LogP contribution in [0.1, 0.15) is 27.7 Å². The van der Waals surface area contributed by atoms with Crippen LogP contribution in [0.4, 0.5) is 0 Å². The second kappa shape index (κ2) is 4.67. The first-order chi connectivity index (χ1) is 8.11. The van der Waals surface area contributed by atoms with Crippen molar-refractivity contribution in [2.45, 2.75) is 27.7 Å². The van der Waals surface area contributed by atoms with Crippen LogP contribution in [-0.4, -0.2) is 60.7 Å². The van der Waals surface area contributed by atoms with Crippen molar-refractivity contribution in [2.75, 3.05) is 39.3 Å². The highest BCUT2D eigenvalue weighted by Gasteiger charge is 2.39. The van der Waals surface area contributed by atoms with Crippen molar-refractivity contribution in [3.8, 4) is 0 Å². The average molecular weight is 236 g/mol. The maximum Gasteiger partial charge on any atom is 0.112 e. The van der Waals surface area contributed by atoms with Crippen LogP contribution >= 0.6 is 0 Å². The number of amidine groups is 2. The molecular weight excluding hydrogens is 212 g/mol. The van der Waals surface area contributed by atoms with E-state index >= 15 is 0 Å². The summed E-state index contributed by atoms with van der Waals surface area (Å²) in [6, 6.07) is 0. The van der Waals surface area contributed by atoms with Crippen LogP contribution in [0.3, 0.4) is 0 Å². The highest BCUT2D eigenvalue weighted by molar-refractivity contribution is 6.10. The summed E-state index contributed by atoms with van der Waals surface area (Å²) in [4.78, 5) is 14.2. The minimum absolute atomic E-state index is 0.0426. The minimum atomic E-state index is -0.0426. The van der Waals surface area contributed by atoms with E-state index < -0.39 is 0 Å². The van der Waals surface area contributed by atoms with Gasteiger partial charge in [0.15, 0.2) is 0 Å². The van der Waals surface area contributed by atoms with E-state index in [1.54, 1.807) is 0 Å². The lowest BCUT2D eigenvalue weighted by atomic mass is 9.88. The van der Waals surface area contributed by atoms with Gasteiger partial charge in [-0.15, -0.1) is 0 Å². The van der Waals surface area contributed by atoms with Crippen LogP contribution in [0, 0.1) is 5.41 Å². The lowest BCUT2D eigenvalue weighted by Crippen LogP contribution is -2.48. The van der Waals surface area contributed by atoms with Gasteiger partial charge in [-0.25, -0.2) is 0 Å². The van der Waals surface area contributed by atoms with Crippen LogP contribution in [-0.2, 0) is 0 Å². The smallest absolute Gasteiger partial charge is 0.112 e. The number of nitrogens with zero attached hydrogens (tertiary/aromatic N) is 4. The Morgan fingerprint density at radius 1 is 0.941 bits per heavy atom. The molecule has 2 rings (SSSR count). The summed E-state index contributed by atoms with van der Waals surface area (Å²) in [6.07, 6.45) is 0. The molecule has 0 aromatic rings. The molecule has 2 aliphatic heterocycles. The number of rotatable bonds is 4. The second-order valence-electron chi connectivity index (χ2n) is 5.19. The van der Waals surface area contributed by atoms with Gasteiger partial charge < -0.3 is 9.80 Å². The van der Waals surface area contributed by atoms with Crippen LogP contribution in [0.25, 0.3) is 0 Å². The van der Waals surface area contributed by atoms with Gasteiger partial charge in [-0.05, 0) is 27.7 Å². The van der Waals surface area contributed by atoms with E-state index in [1.807, 2.05) is 0 Å². The SMILES string of the molecule is CCN1CCN=C1C(C)(C)C1=NCCN1CC. The molecule has 0 saturated carbocycles. The van der Waals surface area contributed by atoms with Gasteiger partial charge in [0, 0.05) is 26.2 Å². The van der Waals surface area contributed by atoms with Gasteiger partial charge in [-0.3, -0.25) is 9.98 Å². The summed E-state index contributed by atoms with van der Waals surface area (Å²) < 4.78 is 0. The monoisotopic (exact) mass is 236 g/mol. The molecule has 0 N–H and O–H groups in total. The molecule has 0 unspecified atom stereocenters. The molecule has 0 atom stereocenters. The molecule has 2 heterocycles. The number of likely N-dealkylation sites (N-methyl/N-ethyl adjacent to an activating group) is 2. The number of aliphatic imine (C=N–C) groups is 2. The molecule has 0 bridgehead atoms. The predicted molar refractivity (Wildman–Crippen MR) is 72.9 cm³/mol. The Labute approximate surface area is 104 Å². The highest BCUT2D eigenvalue weighted by atomic mass is 15.3. The van der Waals surface area contributed by atoms with Gasteiger partial charge in [0.2, 0.25) is 0 Å². The normalized spacial score (nSPS) is 20.9. The van der Waals surface area contributed by atoms with Crippen molar-refractivity contribution in [3.05, 3.63) is 0 Å². The second-order valence-corrected chi connectivity index (χ2v) is 5.19. The van der Waals surface area contributed by atoms with E-state index in [9.17, 15) is 0 Å². The molecule has 96 valence electrons. The first-order valence-corrected chi connectivity index (χ1v) is 6.71. The maximum absolute atomic E-state index is 4.71. The van der Waals surface area contributed by atoms with Crippen molar-refractivity contribution < 1.29 is 0 Å². The Hall–Kier alpha value is -1.06. The zero-order chi connectivity index (χ0) is 12.5. The van der Waals surface area contributed by atoms with Crippen LogP contribution in [0.5, 0.6) is 0 Å². The van der Waals surface area contributed by atoms with E-state index in [1.165, 1.54) is 11.7 Å². The number of hydrogen-bond acceptors (Lipinski definition) is 4. The molecule has 17 heavy (non-hydrogen) atoms. The van der Waals surface area contributed by atoms with Gasteiger partial charge in [0.05, 0.1) is 18.5 Å². The van der Waals surface area contributed by atoms with Crippen LogP contribution in [0.15, 0.2) is 9.98 Å². The molecule has 0 fully saturated rings. The Balaban J connectivity index is 2.24. The number of hydrogen-bond donors (Lipinski definition) is 0.